The Hall–Kier alpha value is -0.480. The summed E-state index contributed by atoms with van der Waals surface area (Å²) >= 11 is 0. The lowest BCUT2D eigenvalue weighted by molar-refractivity contribution is 0.278. The molecule has 1 heterocycles. The fourth-order valence-electron chi connectivity index (χ4n) is 2.23. The van der Waals surface area contributed by atoms with Gasteiger partial charge in [0.1, 0.15) is 0 Å². The maximum absolute atomic E-state index is 4.00. The van der Waals surface area contributed by atoms with Gasteiger partial charge in [-0.1, -0.05) is 41.5 Å². The summed E-state index contributed by atoms with van der Waals surface area (Å²) in [4.78, 5) is 2.57. The first-order valence-corrected chi connectivity index (χ1v) is 6.57. The summed E-state index contributed by atoms with van der Waals surface area (Å²) in [6.07, 6.45) is 10.8. The lowest BCUT2D eigenvalue weighted by Gasteiger charge is -2.22. The van der Waals surface area contributed by atoms with Gasteiger partial charge in [-0.15, -0.1) is 12.8 Å². The van der Waals surface area contributed by atoms with Gasteiger partial charge in [-0.3, -0.25) is 0 Å². The fraction of sp³-hybridized carbons (Fsp3) is 0.867. The summed E-state index contributed by atoms with van der Waals surface area (Å²) in [5.74, 6) is 0.963. The molecule has 96 valence electrons. The van der Waals surface area contributed by atoms with E-state index >= 15 is 0 Å². The molecule has 1 atom stereocenters. The normalized spacial score (nSPS) is 20.4. The Morgan fingerprint density at radius 1 is 1.19 bits per heavy atom. The van der Waals surface area contributed by atoms with Crippen LogP contribution in [0.1, 0.15) is 54.4 Å². The summed E-state index contributed by atoms with van der Waals surface area (Å²) in [6.45, 7) is 17.2. The second-order valence-corrected chi connectivity index (χ2v) is 5.31. The number of terminal acetylenes is 1. The van der Waals surface area contributed by atoms with Crippen molar-refractivity contribution in [3.8, 4) is 12.8 Å². The van der Waals surface area contributed by atoms with Crippen LogP contribution in [-0.4, -0.2) is 24.5 Å². The molecule has 0 radical (unpaired) electrons. The summed E-state index contributed by atoms with van der Waals surface area (Å²) in [5.41, 5.74) is 0.522. The van der Waals surface area contributed by atoms with Crippen LogP contribution in [0.3, 0.4) is 0 Å². The second kappa shape index (κ2) is 9.73. The zero-order chi connectivity index (χ0) is 13.2. The van der Waals surface area contributed by atoms with Crippen molar-refractivity contribution in [1.29, 1.82) is 0 Å². The van der Waals surface area contributed by atoms with Gasteiger partial charge in [0.05, 0.1) is 0 Å². The van der Waals surface area contributed by atoms with Crippen LogP contribution in [0.25, 0.3) is 0 Å². The van der Waals surface area contributed by atoms with Crippen molar-refractivity contribution in [3.63, 3.8) is 0 Å². The van der Waals surface area contributed by atoms with Gasteiger partial charge in [-0.2, -0.15) is 0 Å². The van der Waals surface area contributed by atoms with Crippen LogP contribution in [0, 0.1) is 24.2 Å². The number of hydrogen-bond donors (Lipinski definition) is 0. The zero-order valence-electron chi connectivity index (χ0n) is 12.2. The SMILES string of the molecule is C#C.CC.CCN1CCC(CC(C)(C)C)C1. The molecule has 1 aliphatic heterocycles. The number of hydrogen-bond acceptors (Lipinski definition) is 1. The van der Waals surface area contributed by atoms with E-state index in [4.69, 9.17) is 0 Å². The van der Waals surface area contributed by atoms with Crippen LogP contribution in [0.2, 0.25) is 0 Å². The third kappa shape index (κ3) is 8.80. The minimum atomic E-state index is 0.522. The number of nitrogens with zero attached hydrogens (tertiary/aromatic N) is 1. The van der Waals surface area contributed by atoms with Crippen molar-refractivity contribution < 1.29 is 0 Å². The van der Waals surface area contributed by atoms with Crippen molar-refractivity contribution in [2.24, 2.45) is 11.3 Å². The van der Waals surface area contributed by atoms with Gasteiger partial charge in [0.15, 0.2) is 0 Å². The number of likely N-dealkylation sites (tertiary alicyclic amines) is 1. The minimum absolute atomic E-state index is 0.522. The van der Waals surface area contributed by atoms with Crippen LogP contribution in [-0.2, 0) is 0 Å². The Bertz CT molecular complexity index is 164. The summed E-state index contributed by atoms with van der Waals surface area (Å²) in [7, 11) is 0. The average Bonchev–Trinajstić information content (AvgIpc) is 2.69. The van der Waals surface area contributed by atoms with Crippen LogP contribution >= 0.6 is 0 Å². The monoisotopic (exact) mass is 225 g/mol. The fourth-order valence-corrected chi connectivity index (χ4v) is 2.23. The summed E-state index contributed by atoms with van der Waals surface area (Å²) in [5, 5.41) is 0. The van der Waals surface area contributed by atoms with Crippen molar-refractivity contribution >= 4 is 0 Å². The summed E-state index contributed by atoms with van der Waals surface area (Å²) in [6, 6.07) is 0. The second-order valence-electron chi connectivity index (χ2n) is 5.31. The van der Waals surface area contributed by atoms with Gasteiger partial charge >= 0.3 is 0 Å². The van der Waals surface area contributed by atoms with Gasteiger partial charge in [-0.25, -0.2) is 0 Å². The van der Waals surface area contributed by atoms with Crippen molar-refractivity contribution in [2.45, 2.75) is 54.4 Å². The van der Waals surface area contributed by atoms with E-state index in [-0.39, 0.29) is 0 Å². The molecule has 0 spiro atoms. The molecule has 1 saturated heterocycles. The molecule has 1 heteroatoms. The smallest absolute Gasteiger partial charge is 0.00102 e. The van der Waals surface area contributed by atoms with Crippen LogP contribution in [0.15, 0.2) is 0 Å². The molecule has 0 aromatic carbocycles. The zero-order valence-corrected chi connectivity index (χ0v) is 12.2. The molecule has 1 unspecified atom stereocenters. The molecule has 0 aromatic rings. The first-order valence-electron chi connectivity index (χ1n) is 6.57. The van der Waals surface area contributed by atoms with E-state index in [0.717, 1.165) is 5.92 Å². The molecular formula is C15H31N. The maximum Gasteiger partial charge on any atom is 0.00102 e. The minimum Gasteiger partial charge on any atom is -0.303 e. The quantitative estimate of drug-likeness (QED) is 0.641. The molecule has 1 rings (SSSR count). The maximum atomic E-state index is 4.00. The molecule has 0 saturated carbocycles. The predicted molar refractivity (Wildman–Crippen MR) is 75.5 cm³/mol. The Morgan fingerprint density at radius 2 is 1.69 bits per heavy atom. The standard InChI is InChI=1S/C11H23N.C2H6.C2H2/c1-5-12-7-6-10(9-12)8-11(2,3)4;2*1-2/h10H,5-9H2,1-4H3;1-2H3;1-2H. The highest BCUT2D eigenvalue weighted by Crippen LogP contribution is 2.29. The van der Waals surface area contributed by atoms with Crippen LogP contribution in [0.5, 0.6) is 0 Å². The Labute approximate surface area is 104 Å². The molecule has 1 fully saturated rings. The van der Waals surface area contributed by atoms with E-state index in [1.54, 1.807) is 0 Å². The molecule has 1 aliphatic rings. The van der Waals surface area contributed by atoms with Crippen molar-refractivity contribution in [3.05, 3.63) is 0 Å². The van der Waals surface area contributed by atoms with Gasteiger partial charge in [0, 0.05) is 6.54 Å². The van der Waals surface area contributed by atoms with E-state index in [1.165, 1.54) is 32.5 Å². The highest BCUT2D eigenvalue weighted by atomic mass is 15.1. The Kier molecular flexibility index (Phi) is 10.9. The van der Waals surface area contributed by atoms with Gasteiger partial charge in [-0.05, 0) is 37.3 Å². The molecule has 0 N–H and O–H groups in total. The van der Waals surface area contributed by atoms with Gasteiger partial charge in [0.2, 0.25) is 0 Å². The van der Waals surface area contributed by atoms with Gasteiger partial charge in [0.25, 0.3) is 0 Å². The lowest BCUT2D eigenvalue weighted by Crippen LogP contribution is -2.21. The molecule has 0 amide bonds. The van der Waals surface area contributed by atoms with E-state index in [2.05, 4.69) is 45.4 Å². The van der Waals surface area contributed by atoms with Crippen LogP contribution < -0.4 is 0 Å². The predicted octanol–water partition coefficient (Wildman–Crippen LogP) is 4.04. The summed E-state index contributed by atoms with van der Waals surface area (Å²) < 4.78 is 0. The number of rotatable bonds is 2. The van der Waals surface area contributed by atoms with E-state index in [1.807, 2.05) is 13.8 Å². The topological polar surface area (TPSA) is 3.24 Å². The molecular weight excluding hydrogens is 194 g/mol. The third-order valence-corrected chi connectivity index (χ3v) is 2.72. The van der Waals surface area contributed by atoms with Gasteiger partial charge < -0.3 is 4.90 Å². The van der Waals surface area contributed by atoms with Crippen molar-refractivity contribution in [2.75, 3.05) is 19.6 Å². The molecule has 16 heavy (non-hydrogen) atoms. The van der Waals surface area contributed by atoms with Crippen LogP contribution in [0.4, 0.5) is 0 Å². The van der Waals surface area contributed by atoms with E-state index in [0.29, 0.717) is 5.41 Å². The first-order chi connectivity index (χ1) is 7.51. The molecule has 0 aliphatic carbocycles. The Balaban J connectivity index is 0. The molecule has 0 aromatic heterocycles. The Morgan fingerprint density at radius 3 is 2.00 bits per heavy atom. The molecule has 1 nitrogen and oxygen atoms in total. The van der Waals surface area contributed by atoms with E-state index < -0.39 is 0 Å². The first kappa shape index (κ1) is 17.9. The lowest BCUT2D eigenvalue weighted by atomic mass is 9.84. The largest absolute Gasteiger partial charge is 0.303 e. The molecule has 0 bridgehead atoms. The average molecular weight is 225 g/mol. The van der Waals surface area contributed by atoms with Crippen molar-refractivity contribution in [1.82, 2.24) is 4.90 Å². The highest BCUT2D eigenvalue weighted by Gasteiger charge is 2.25. The highest BCUT2D eigenvalue weighted by molar-refractivity contribution is 4.78. The van der Waals surface area contributed by atoms with E-state index in [9.17, 15) is 0 Å². The third-order valence-electron chi connectivity index (χ3n) is 2.72.